The summed E-state index contributed by atoms with van der Waals surface area (Å²) in [6.07, 6.45) is 1.15. The van der Waals surface area contributed by atoms with Crippen molar-refractivity contribution >= 4 is 0 Å². The predicted molar refractivity (Wildman–Crippen MR) is 39.3 cm³/mol. The van der Waals surface area contributed by atoms with Gasteiger partial charge in [0.05, 0.1) is 0 Å². The lowest BCUT2D eigenvalue weighted by Crippen LogP contribution is -2.39. The van der Waals surface area contributed by atoms with Gasteiger partial charge in [-0.15, -0.1) is 0 Å². The van der Waals surface area contributed by atoms with Crippen LogP contribution >= 0.6 is 0 Å². The minimum Gasteiger partial charge on any atom is -0.326 e. The Hall–Kier alpha value is -0.0800. The smallest absolute Gasteiger partial charge is 0.0239 e. The molecular formula is C7H16N2. The Kier molecular flexibility index (Phi) is 1.53. The molecule has 0 saturated heterocycles. The molecular weight excluding hydrogens is 112 g/mol. The molecule has 1 unspecified atom stereocenters. The maximum Gasteiger partial charge on any atom is 0.0239 e. The fraction of sp³-hybridized carbons (Fsp3) is 1.00. The summed E-state index contributed by atoms with van der Waals surface area (Å²) in [5, 5.41) is 3.42. The van der Waals surface area contributed by atoms with Crippen molar-refractivity contribution < 1.29 is 0 Å². The molecule has 0 aromatic heterocycles. The van der Waals surface area contributed by atoms with E-state index >= 15 is 0 Å². The second-order valence-corrected chi connectivity index (χ2v) is 3.90. The summed E-state index contributed by atoms with van der Waals surface area (Å²) >= 11 is 0. The zero-order chi connectivity index (χ0) is 7.07. The standard InChI is InChI=1S/C7H16N2/c1-7(2,3)9-6-4-5(6)8/h5-6,9H,4,8H2,1-3H3/t5-,6?/m1/s1. The van der Waals surface area contributed by atoms with Crippen LogP contribution in [0.1, 0.15) is 27.2 Å². The van der Waals surface area contributed by atoms with Gasteiger partial charge < -0.3 is 11.1 Å². The second kappa shape index (κ2) is 1.96. The summed E-state index contributed by atoms with van der Waals surface area (Å²) in [6, 6.07) is 1.01. The first kappa shape index (κ1) is 7.03. The third-order valence-electron chi connectivity index (χ3n) is 1.46. The van der Waals surface area contributed by atoms with Crippen molar-refractivity contribution in [1.82, 2.24) is 5.32 Å². The van der Waals surface area contributed by atoms with E-state index in [1.165, 1.54) is 0 Å². The van der Waals surface area contributed by atoms with Crippen LogP contribution in [-0.2, 0) is 0 Å². The molecule has 1 rings (SSSR count). The van der Waals surface area contributed by atoms with Crippen LogP contribution in [0.5, 0.6) is 0 Å². The molecule has 0 amide bonds. The molecule has 1 aliphatic rings. The van der Waals surface area contributed by atoms with Gasteiger partial charge in [0.2, 0.25) is 0 Å². The molecule has 9 heavy (non-hydrogen) atoms. The van der Waals surface area contributed by atoms with E-state index in [0.717, 1.165) is 6.42 Å². The highest BCUT2D eigenvalue weighted by molar-refractivity contribution is 4.99. The SMILES string of the molecule is CC(C)(C)NC1C[C@H]1N. The lowest BCUT2D eigenvalue weighted by molar-refractivity contribution is 0.418. The van der Waals surface area contributed by atoms with Crippen molar-refractivity contribution in [1.29, 1.82) is 0 Å². The molecule has 54 valence electrons. The highest BCUT2D eigenvalue weighted by Gasteiger charge is 2.35. The molecule has 2 nitrogen and oxygen atoms in total. The Morgan fingerprint density at radius 1 is 1.44 bits per heavy atom. The van der Waals surface area contributed by atoms with Crippen molar-refractivity contribution in [3.05, 3.63) is 0 Å². The van der Waals surface area contributed by atoms with Crippen molar-refractivity contribution in [2.75, 3.05) is 0 Å². The molecule has 1 saturated carbocycles. The molecule has 0 aliphatic heterocycles. The van der Waals surface area contributed by atoms with Gasteiger partial charge in [0.1, 0.15) is 0 Å². The molecule has 2 heteroatoms. The quantitative estimate of drug-likeness (QED) is 0.539. The summed E-state index contributed by atoms with van der Waals surface area (Å²) < 4.78 is 0. The van der Waals surface area contributed by atoms with Crippen LogP contribution in [0.25, 0.3) is 0 Å². The number of nitrogens with two attached hydrogens (primary N) is 1. The number of hydrogen-bond donors (Lipinski definition) is 2. The van der Waals surface area contributed by atoms with Gasteiger partial charge in [0.25, 0.3) is 0 Å². The first-order chi connectivity index (χ1) is 3.99. The molecule has 0 spiro atoms. The number of nitrogens with one attached hydrogen (secondary N) is 1. The fourth-order valence-electron chi connectivity index (χ4n) is 0.937. The van der Waals surface area contributed by atoms with Crippen molar-refractivity contribution in [3.8, 4) is 0 Å². The van der Waals surface area contributed by atoms with Gasteiger partial charge in [-0.05, 0) is 27.2 Å². The summed E-state index contributed by atoms with van der Waals surface area (Å²) in [7, 11) is 0. The van der Waals surface area contributed by atoms with Gasteiger partial charge in [0, 0.05) is 17.6 Å². The van der Waals surface area contributed by atoms with Crippen LogP contribution in [0, 0.1) is 0 Å². The van der Waals surface area contributed by atoms with E-state index in [9.17, 15) is 0 Å². The van der Waals surface area contributed by atoms with Gasteiger partial charge in [0.15, 0.2) is 0 Å². The Morgan fingerprint density at radius 3 is 2.00 bits per heavy atom. The Bertz CT molecular complexity index is 104. The molecule has 3 N–H and O–H groups in total. The highest BCUT2D eigenvalue weighted by Crippen LogP contribution is 2.20. The lowest BCUT2D eigenvalue weighted by Gasteiger charge is -2.20. The molecule has 2 atom stereocenters. The van der Waals surface area contributed by atoms with Crippen LogP contribution in [-0.4, -0.2) is 17.6 Å². The minimum absolute atomic E-state index is 0.235. The van der Waals surface area contributed by atoms with Crippen LogP contribution in [0.3, 0.4) is 0 Å². The third-order valence-corrected chi connectivity index (χ3v) is 1.46. The Labute approximate surface area is 56.8 Å². The van der Waals surface area contributed by atoms with Crippen LogP contribution in [0.4, 0.5) is 0 Å². The van der Waals surface area contributed by atoms with Gasteiger partial charge in [-0.2, -0.15) is 0 Å². The van der Waals surface area contributed by atoms with Gasteiger partial charge in [-0.25, -0.2) is 0 Å². The molecule has 0 radical (unpaired) electrons. The van der Waals surface area contributed by atoms with Crippen LogP contribution in [0.2, 0.25) is 0 Å². The number of hydrogen-bond acceptors (Lipinski definition) is 2. The first-order valence-corrected chi connectivity index (χ1v) is 3.52. The monoisotopic (exact) mass is 128 g/mol. The maximum atomic E-state index is 5.61. The van der Waals surface area contributed by atoms with Gasteiger partial charge in [-0.3, -0.25) is 0 Å². The predicted octanol–water partition coefficient (Wildman–Crippen LogP) is 0.474. The first-order valence-electron chi connectivity index (χ1n) is 3.52. The maximum absolute atomic E-state index is 5.61. The van der Waals surface area contributed by atoms with Gasteiger partial charge >= 0.3 is 0 Å². The van der Waals surface area contributed by atoms with Crippen LogP contribution < -0.4 is 11.1 Å². The minimum atomic E-state index is 0.235. The summed E-state index contributed by atoms with van der Waals surface area (Å²) in [5.74, 6) is 0. The number of rotatable bonds is 1. The molecule has 0 aromatic carbocycles. The zero-order valence-electron chi connectivity index (χ0n) is 6.44. The topological polar surface area (TPSA) is 38.0 Å². The van der Waals surface area contributed by atoms with Gasteiger partial charge in [-0.1, -0.05) is 0 Å². The Morgan fingerprint density at radius 2 is 1.89 bits per heavy atom. The van der Waals surface area contributed by atoms with E-state index in [-0.39, 0.29) is 5.54 Å². The molecule has 0 aromatic rings. The van der Waals surface area contributed by atoms with E-state index in [1.54, 1.807) is 0 Å². The van der Waals surface area contributed by atoms with Crippen molar-refractivity contribution in [3.63, 3.8) is 0 Å². The second-order valence-electron chi connectivity index (χ2n) is 3.90. The molecule has 0 bridgehead atoms. The third kappa shape index (κ3) is 2.33. The highest BCUT2D eigenvalue weighted by atomic mass is 15.1. The van der Waals surface area contributed by atoms with E-state index in [2.05, 4.69) is 26.1 Å². The van der Waals surface area contributed by atoms with E-state index in [1.807, 2.05) is 0 Å². The average Bonchev–Trinajstić information content (AvgIpc) is 2.13. The summed E-state index contributed by atoms with van der Waals surface area (Å²) in [5.41, 5.74) is 5.85. The van der Waals surface area contributed by atoms with E-state index in [4.69, 9.17) is 5.73 Å². The molecule has 1 fully saturated rings. The van der Waals surface area contributed by atoms with E-state index in [0.29, 0.717) is 12.1 Å². The normalized spacial score (nSPS) is 34.7. The molecule has 0 heterocycles. The summed E-state index contributed by atoms with van der Waals surface area (Å²) in [4.78, 5) is 0. The Balaban J connectivity index is 2.19. The average molecular weight is 128 g/mol. The lowest BCUT2D eigenvalue weighted by atomic mass is 10.1. The largest absolute Gasteiger partial charge is 0.326 e. The molecule has 1 aliphatic carbocycles. The summed E-state index contributed by atoms with van der Waals surface area (Å²) in [6.45, 7) is 6.49. The van der Waals surface area contributed by atoms with Crippen LogP contribution in [0.15, 0.2) is 0 Å². The van der Waals surface area contributed by atoms with Crippen molar-refractivity contribution in [2.24, 2.45) is 5.73 Å². The fourth-order valence-corrected chi connectivity index (χ4v) is 0.937. The van der Waals surface area contributed by atoms with Crippen molar-refractivity contribution in [2.45, 2.75) is 44.8 Å². The zero-order valence-corrected chi connectivity index (χ0v) is 6.44. The van der Waals surface area contributed by atoms with E-state index < -0.39 is 0 Å².